The van der Waals surface area contributed by atoms with Gasteiger partial charge < -0.3 is 4.74 Å². The van der Waals surface area contributed by atoms with Crippen LogP contribution in [-0.4, -0.2) is 55.4 Å². The molecule has 8 N–H and O–H groups in total. The van der Waals surface area contributed by atoms with Crippen LogP contribution in [0.4, 0.5) is 0 Å². The minimum atomic E-state index is -0.325. The third kappa shape index (κ3) is 9.90. The average Bonchev–Trinajstić information content (AvgIpc) is 2.70. The Morgan fingerprint density at radius 2 is 0.602 bits per heavy atom. The number of ether oxygens (including phenoxy) is 1. The molecule has 0 amide bonds. The lowest BCUT2D eigenvalue weighted by Gasteiger charge is -2.63. The molecule has 5 aromatic carbocycles. The van der Waals surface area contributed by atoms with Crippen LogP contribution in [-0.2, 0) is 21.7 Å². The fourth-order valence-corrected chi connectivity index (χ4v) is 20.8. The standard InChI is InChI=1S/C74H100N8O/c1-71(2,45-29-14-9-15-30-45)55-44-28-43-54-56(55)68-80-67(54)78-65-51-40-25-24-39-50(51)63(76-65)75-64-52-41-26-27-42-53(52)66(77-64)79-70-58-57(69(81-68)82-70)59(72(3,4)46-31-16-10-17-32-46)60(73(5,6)47-33-18-11-19-34-47)61(62(58)83-49-37-22-13-23-38-49)74(7,8)48-35-20-12-21-36-48/h9-23,29-38,50-70,75-82H,24-28,39-44H2,1-8H3. The highest BCUT2D eigenvalue weighted by atomic mass is 16.5. The average molecular weight is 1120 g/mol. The van der Waals surface area contributed by atoms with E-state index in [0.717, 1.165) is 5.75 Å². The predicted molar refractivity (Wildman–Crippen MR) is 337 cm³/mol. The van der Waals surface area contributed by atoms with Crippen LogP contribution in [0.2, 0.25) is 0 Å². The van der Waals surface area contributed by atoms with Gasteiger partial charge in [-0.3, -0.25) is 42.5 Å². The number of hydrogen-bond donors (Lipinski definition) is 8. The molecule has 21 atom stereocenters. The molecule has 0 spiro atoms. The summed E-state index contributed by atoms with van der Waals surface area (Å²) in [5.74, 6) is 5.07. The first-order valence-electron chi connectivity index (χ1n) is 33.2. The van der Waals surface area contributed by atoms with Crippen LogP contribution < -0.4 is 47.3 Å². The molecule has 21 unspecified atom stereocenters. The zero-order valence-corrected chi connectivity index (χ0v) is 51.2. The van der Waals surface area contributed by atoms with Gasteiger partial charge in [0, 0.05) is 17.8 Å². The van der Waals surface area contributed by atoms with Gasteiger partial charge in [-0.05, 0) is 148 Å². The Kier molecular flexibility index (Phi) is 15.2. The molecule has 14 rings (SSSR count). The molecular formula is C74H100N8O. The molecule has 442 valence electrons. The highest BCUT2D eigenvalue weighted by molar-refractivity contribution is 5.37. The number of hydrogen-bond acceptors (Lipinski definition) is 9. The van der Waals surface area contributed by atoms with Crippen LogP contribution in [0.3, 0.4) is 0 Å². The Bertz CT molecular complexity index is 2960. The molecule has 4 saturated carbocycles. The normalized spacial score (nSPS) is 39.0. The Labute approximate surface area is 498 Å². The summed E-state index contributed by atoms with van der Waals surface area (Å²) in [7, 11) is 0. The molecular weight excluding hydrogens is 1020 g/mol. The minimum Gasteiger partial charge on any atom is -0.490 e. The van der Waals surface area contributed by atoms with Gasteiger partial charge in [0.2, 0.25) is 0 Å². The summed E-state index contributed by atoms with van der Waals surface area (Å²) in [6.07, 6.45) is 14.8. The zero-order chi connectivity index (χ0) is 56.8. The Hall–Kier alpha value is -4.42. The largest absolute Gasteiger partial charge is 0.490 e. The van der Waals surface area contributed by atoms with E-state index in [1.54, 1.807) is 0 Å². The van der Waals surface area contributed by atoms with Crippen LogP contribution in [0.15, 0.2) is 152 Å². The fraction of sp³-hybridized carbons (Fsp3) is 0.595. The third-order valence-corrected chi connectivity index (χ3v) is 24.8. The van der Waals surface area contributed by atoms with Crippen LogP contribution >= 0.6 is 0 Å². The topological polar surface area (TPSA) is 105 Å². The van der Waals surface area contributed by atoms with Crippen LogP contribution in [0.5, 0.6) is 5.75 Å². The van der Waals surface area contributed by atoms with Crippen molar-refractivity contribution in [3.8, 4) is 5.75 Å². The monoisotopic (exact) mass is 1120 g/mol. The van der Waals surface area contributed by atoms with E-state index >= 15 is 0 Å². The van der Waals surface area contributed by atoms with E-state index in [1.807, 2.05) is 0 Å². The summed E-state index contributed by atoms with van der Waals surface area (Å²) in [6.45, 7) is 20.8. The van der Waals surface area contributed by atoms with Gasteiger partial charge in [-0.25, -0.2) is 0 Å². The Morgan fingerprint density at radius 3 is 1.04 bits per heavy atom. The smallest absolute Gasteiger partial charge is 0.119 e. The van der Waals surface area contributed by atoms with Gasteiger partial charge in [0.15, 0.2) is 0 Å². The summed E-state index contributed by atoms with van der Waals surface area (Å²) < 4.78 is 8.15. The van der Waals surface area contributed by atoms with Crippen LogP contribution in [0.1, 0.15) is 148 Å². The summed E-state index contributed by atoms with van der Waals surface area (Å²) in [4.78, 5) is 0. The molecule has 9 aliphatic rings. The third-order valence-electron chi connectivity index (χ3n) is 24.8. The van der Waals surface area contributed by atoms with Crippen molar-refractivity contribution < 1.29 is 4.74 Å². The van der Waals surface area contributed by atoms with Gasteiger partial charge in [0.05, 0.1) is 49.3 Å². The van der Waals surface area contributed by atoms with Crippen molar-refractivity contribution in [3.05, 3.63) is 174 Å². The first-order chi connectivity index (χ1) is 40.2. The molecule has 9 nitrogen and oxygen atoms in total. The Balaban J connectivity index is 0.993. The van der Waals surface area contributed by atoms with Gasteiger partial charge in [-0.15, -0.1) is 0 Å². The van der Waals surface area contributed by atoms with Crippen molar-refractivity contribution >= 4 is 0 Å². The van der Waals surface area contributed by atoms with Gasteiger partial charge in [0.1, 0.15) is 11.9 Å². The van der Waals surface area contributed by atoms with E-state index in [4.69, 9.17) is 10.1 Å². The van der Waals surface area contributed by atoms with Crippen molar-refractivity contribution in [2.45, 2.75) is 203 Å². The van der Waals surface area contributed by atoms with E-state index in [0.29, 0.717) is 41.4 Å². The lowest BCUT2D eigenvalue weighted by atomic mass is 9.42. The maximum atomic E-state index is 8.15. The van der Waals surface area contributed by atoms with E-state index in [-0.39, 0.29) is 107 Å². The molecule has 5 aromatic rings. The summed E-state index contributed by atoms with van der Waals surface area (Å²) in [6, 6.07) is 57.4. The second-order valence-electron chi connectivity index (χ2n) is 30.1. The van der Waals surface area contributed by atoms with Gasteiger partial charge in [0.25, 0.3) is 0 Å². The van der Waals surface area contributed by atoms with Crippen LogP contribution in [0, 0.1) is 71.0 Å². The van der Waals surface area contributed by atoms with Gasteiger partial charge >= 0.3 is 0 Å². The molecule has 9 heteroatoms. The van der Waals surface area contributed by atoms with Gasteiger partial charge in [-0.2, -0.15) is 0 Å². The number of benzene rings is 5. The second kappa shape index (κ2) is 22.4. The summed E-state index contributed by atoms with van der Waals surface area (Å²) in [5.41, 5.74) is 4.68. The van der Waals surface area contributed by atoms with Crippen molar-refractivity contribution in [2.75, 3.05) is 0 Å². The minimum absolute atomic E-state index is 0.0373. The first kappa shape index (κ1) is 56.4. The number of nitrogens with one attached hydrogen (secondary N) is 8. The zero-order valence-electron chi connectivity index (χ0n) is 51.2. The van der Waals surface area contributed by atoms with E-state index in [1.165, 1.54) is 92.9 Å². The van der Waals surface area contributed by atoms with E-state index < -0.39 is 0 Å². The molecule has 0 aromatic heterocycles. The van der Waals surface area contributed by atoms with Crippen molar-refractivity contribution in [2.24, 2.45) is 71.0 Å². The van der Waals surface area contributed by atoms with Crippen molar-refractivity contribution in [1.82, 2.24) is 42.5 Å². The molecule has 5 aliphatic heterocycles. The lowest BCUT2D eigenvalue weighted by Crippen LogP contribution is -2.68. The lowest BCUT2D eigenvalue weighted by molar-refractivity contribution is -0.132. The molecule has 83 heavy (non-hydrogen) atoms. The fourth-order valence-electron chi connectivity index (χ4n) is 20.8. The molecule has 5 heterocycles. The van der Waals surface area contributed by atoms with E-state index in [2.05, 4.69) is 244 Å². The predicted octanol–water partition coefficient (Wildman–Crippen LogP) is 12.5. The first-order valence-corrected chi connectivity index (χ1v) is 33.2. The quantitative estimate of drug-likeness (QED) is 0.0694. The maximum Gasteiger partial charge on any atom is 0.119 e. The molecule has 5 saturated heterocycles. The molecule has 9 fully saturated rings. The maximum absolute atomic E-state index is 8.15. The van der Waals surface area contributed by atoms with Crippen molar-refractivity contribution in [3.63, 3.8) is 0 Å². The van der Waals surface area contributed by atoms with Crippen LogP contribution in [0.25, 0.3) is 0 Å². The summed E-state index contributed by atoms with van der Waals surface area (Å²) >= 11 is 0. The molecule has 0 radical (unpaired) electrons. The highest BCUT2D eigenvalue weighted by Gasteiger charge is 2.69. The Morgan fingerprint density at radius 1 is 0.289 bits per heavy atom. The molecule has 4 aliphatic carbocycles. The SMILES string of the molecule is CC(C)(c1ccccc1)C1CCCC2C3NC4NC(NC5NC(NC6NC(NC(N3)C21)C1C6C(Oc2ccccc2)C(C(C)(C)c2ccccc2)C(C(C)(C)c2ccccc2)C1C(C)(C)c1ccccc1)C1CCCCC51)C1CCCCC41. The number of fused-ring (bicyclic) bond motifs is 20. The van der Waals surface area contributed by atoms with E-state index in [9.17, 15) is 0 Å². The van der Waals surface area contributed by atoms with Gasteiger partial charge in [-0.1, -0.05) is 227 Å². The number of rotatable bonds is 10. The second-order valence-corrected chi connectivity index (χ2v) is 30.1. The number of para-hydroxylation sites is 1. The van der Waals surface area contributed by atoms with Crippen molar-refractivity contribution in [1.29, 1.82) is 0 Å². The summed E-state index contributed by atoms with van der Waals surface area (Å²) in [5, 5.41) is 36.5. The highest BCUT2D eigenvalue weighted by Crippen LogP contribution is 2.64. The molecule has 8 bridgehead atoms.